The van der Waals surface area contributed by atoms with E-state index in [-0.39, 0.29) is 6.10 Å². The van der Waals surface area contributed by atoms with Gasteiger partial charge < -0.3 is 9.84 Å². The van der Waals surface area contributed by atoms with Crippen LogP contribution in [0.5, 0.6) is 0 Å². The Balaban J connectivity index is 2.43. The Hall–Kier alpha value is -0.510. The highest BCUT2D eigenvalue weighted by Crippen LogP contribution is 2.22. The molecule has 1 N–H and O–H groups in total. The number of aliphatic hydroxyl groups excluding tert-OH is 1. The van der Waals surface area contributed by atoms with E-state index in [9.17, 15) is 5.11 Å². The Morgan fingerprint density at radius 1 is 1.47 bits per heavy atom. The van der Waals surface area contributed by atoms with E-state index in [1.807, 2.05) is 18.2 Å². The third-order valence-corrected chi connectivity index (χ3v) is 3.18. The fourth-order valence-corrected chi connectivity index (χ4v) is 2.15. The van der Waals surface area contributed by atoms with Crippen LogP contribution in [0.2, 0.25) is 0 Å². The number of benzene rings is 1. The summed E-state index contributed by atoms with van der Waals surface area (Å²) in [5.74, 6) is 1.05. The van der Waals surface area contributed by atoms with Gasteiger partial charge in [0.1, 0.15) is 0 Å². The average molecular weight is 226 g/mol. The second-order valence-corrected chi connectivity index (χ2v) is 4.61. The van der Waals surface area contributed by atoms with Crippen LogP contribution in [-0.2, 0) is 4.74 Å². The van der Waals surface area contributed by atoms with Gasteiger partial charge in [0.05, 0.1) is 6.10 Å². The standard InChI is InChI=1S/C12H18O2S/c1-10(13)11-5-3-6-12(9-11)15-8-4-7-14-2/h3,5-6,9-10,13H,4,7-8H2,1-2H3. The zero-order valence-corrected chi connectivity index (χ0v) is 10.1. The van der Waals surface area contributed by atoms with Crippen molar-refractivity contribution in [3.05, 3.63) is 29.8 Å². The summed E-state index contributed by atoms with van der Waals surface area (Å²) in [7, 11) is 1.72. The lowest BCUT2D eigenvalue weighted by atomic mass is 10.1. The summed E-state index contributed by atoms with van der Waals surface area (Å²) in [4.78, 5) is 1.21. The van der Waals surface area contributed by atoms with Crippen molar-refractivity contribution in [1.82, 2.24) is 0 Å². The minimum absolute atomic E-state index is 0.385. The van der Waals surface area contributed by atoms with Gasteiger partial charge in [0.25, 0.3) is 0 Å². The molecule has 2 nitrogen and oxygen atoms in total. The molecular formula is C12H18O2S. The van der Waals surface area contributed by atoms with Crippen LogP contribution in [0.3, 0.4) is 0 Å². The van der Waals surface area contributed by atoms with E-state index in [4.69, 9.17) is 4.74 Å². The van der Waals surface area contributed by atoms with Crippen molar-refractivity contribution in [2.24, 2.45) is 0 Å². The van der Waals surface area contributed by atoms with E-state index >= 15 is 0 Å². The molecule has 1 atom stereocenters. The first-order valence-electron chi connectivity index (χ1n) is 5.14. The van der Waals surface area contributed by atoms with Crippen molar-refractivity contribution in [2.45, 2.75) is 24.3 Å². The maximum atomic E-state index is 9.43. The molecule has 0 aliphatic heterocycles. The van der Waals surface area contributed by atoms with Crippen molar-refractivity contribution in [3.8, 4) is 0 Å². The van der Waals surface area contributed by atoms with Crippen LogP contribution in [0.4, 0.5) is 0 Å². The zero-order chi connectivity index (χ0) is 11.1. The van der Waals surface area contributed by atoms with Crippen LogP contribution in [0.1, 0.15) is 25.0 Å². The molecule has 0 radical (unpaired) electrons. The van der Waals surface area contributed by atoms with Crippen molar-refractivity contribution < 1.29 is 9.84 Å². The molecule has 1 aromatic carbocycles. The number of ether oxygens (including phenoxy) is 1. The van der Waals surface area contributed by atoms with Gasteiger partial charge in [-0.1, -0.05) is 12.1 Å². The molecule has 84 valence electrons. The van der Waals surface area contributed by atoms with Crippen LogP contribution in [-0.4, -0.2) is 24.6 Å². The number of thioether (sulfide) groups is 1. The summed E-state index contributed by atoms with van der Waals surface area (Å²) in [6.45, 7) is 2.60. The molecule has 0 saturated carbocycles. The maximum absolute atomic E-state index is 9.43. The van der Waals surface area contributed by atoms with Crippen molar-refractivity contribution in [3.63, 3.8) is 0 Å². The first-order chi connectivity index (χ1) is 7.24. The molecule has 0 aliphatic carbocycles. The van der Waals surface area contributed by atoms with Crippen LogP contribution in [0.25, 0.3) is 0 Å². The molecule has 0 amide bonds. The van der Waals surface area contributed by atoms with Gasteiger partial charge >= 0.3 is 0 Å². The molecule has 0 heterocycles. The van der Waals surface area contributed by atoms with E-state index in [2.05, 4.69) is 6.07 Å². The van der Waals surface area contributed by atoms with Gasteiger partial charge in [0.15, 0.2) is 0 Å². The lowest BCUT2D eigenvalue weighted by molar-refractivity contribution is 0.199. The van der Waals surface area contributed by atoms with E-state index in [0.717, 1.165) is 24.3 Å². The topological polar surface area (TPSA) is 29.5 Å². The maximum Gasteiger partial charge on any atom is 0.0762 e. The fourth-order valence-electron chi connectivity index (χ4n) is 1.26. The first kappa shape index (κ1) is 12.6. The van der Waals surface area contributed by atoms with E-state index in [1.165, 1.54) is 4.90 Å². The lowest BCUT2D eigenvalue weighted by Crippen LogP contribution is -1.92. The van der Waals surface area contributed by atoms with Gasteiger partial charge in [-0.05, 0) is 31.0 Å². The normalized spacial score (nSPS) is 12.7. The predicted molar refractivity (Wildman–Crippen MR) is 64.3 cm³/mol. The van der Waals surface area contributed by atoms with E-state index < -0.39 is 0 Å². The Bertz CT molecular complexity index is 287. The molecule has 1 rings (SSSR count). The SMILES string of the molecule is COCCCSc1cccc(C(C)O)c1. The number of hydrogen-bond donors (Lipinski definition) is 1. The molecule has 0 fully saturated rings. The van der Waals surface area contributed by atoms with Crippen molar-refractivity contribution in [2.75, 3.05) is 19.5 Å². The summed E-state index contributed by atoms with van der Waals surface area (Å²) in [5, 5.41) is 9.43. The molecule has 0 bridgehead atoms. The van der Waals surface area contributed by atoms with E-state index in [1.54, 1.807) is 25.8 Å². The molecule has 0 aliphatic rings. The molecule has 15 heavy (non-hydrogen) atoms. The monoisotopic (exact) mass is 226 g/mol. The summed E-state index contributed by atoms with van der Waals surface area (Å²) in [5.41, 5.74) is 0.978. The van der Waals surface area contributed by atoms with Crippen molar-refractivity contribution >= 4 is 11.8 Å². The summed E-state index contributed by atoms with van der Waals surface area (Å²) >= 11 is 1.80. The summed E-state index contributed by atoms with van der Waals surface area (Å²) in [6, 6.07) is 8.05. The van der Waals surface area contributed by atoms with Gasteiger partial charge in [-0.2, -0.15) is 0 Å². The predicted octanol–water partition coefficient (Wildman–Crippen LogP) is 2.87. The largest absolute Gasteiger partial charge is 0.389 e. The first-order valence-corrected chi connectivity index (χ1v) is 6.12. The molecule has 3 heteroatoms. The van der Waals surface area contributed by atoms with Gasteiger partial charge in [0.2, 0.25) is 0 Å². The molecule has 0 spiro atoms. The number of hydrogen-bond acceptors (Lipinski definition) is 3. The number of methoxy groups -OCH3 is 1. The van der Waals surface area contributed by atoms with Gasteiger partial charge in [-0.25, -0.2) is 0 Å². The zero-order valence-electron chi connectivity index (χ0n) is 9.27. The Labute approximate surface area is 95.7 Å². The fraction of sp³-hybridized carbons (Fsp3) is 0.500. The average Bonchev–Trinajstić information content (AvgIpc) is 2.25. The number of aliphatic hydroxyl groups is 1. The molecule has 0 aromatic heterocycles. The van der Waals surface area contributed by atoms with Crippen molar-refractivity contribution in [1.29, 1.82) is 0 Å². The lowest BCUT2D eigenvalue weighted by Gasteiger charge is -2.07. The highest BCUT2D eigenvalue weighted by molar-refractivity contribution is 7.99. The minimum atomic E-state index is -0.385. The van der Waals surface area contributed by atoms with Gasteiger partial charge in [0, 0.05) is 24.4 Å². The van der Waals surface area contributed by atoms with Crippen LogP contribution in [0, 0.1) is 0 Å². The quantitative estimate of drug-likeness (QED) is 0.597. The van der Waals surface area contributed by atoms with Crippen LogP contribution < -0.4 is 0 Å². The smallest absolute Gasteiger partial charge is 0.0762 e. The third-order valence-electron chi connectivity index (χ3n) is 2.10. The number of rotatable bonds is 6. The van der Waals surface area contributed by atoms with Crippen LogP contribution >= 0.6 is 11.8 Å². The molecular weight excluding hydrogens is 208 g/mol. The summed E-state index contributed by atoms with van der Waals surface area (Å²) < 4.78 is 4.99. The van der Waals surface area contributed by atoms with Gasteiger partial charge in [-0.15, -0.1) is 11.8 Å². The van der Waals surface area contributed by atoms with E-state index in [0.29, 0.717) is 0 Å². The minimum Gasteiger partial charge on any atom is -0.389 e. The highest BCUT2D eigenvalue weighted by atomic mass is 32.2. The second-order valence-electron chi connectivity index (χ2n) is 3.44. The Morgan fingerprint density at radius 2 is 2.27 bits per heavy atom. The molecule has 0 saturated heterocycles. The van der Waals surface area contributed by atoms with Gasteiger partial charge in [-0.3, -0.25) is 0 Å². The summed E-state index contributed by atoms with van der Waals surface area (Å²) in [6.07, 6.45) is 0.671. The molecule has 1 unspecified atom stereocenters. The third kappa shape index (κ3) is 4.69. The Kier molecular flexibility index (Phi) is 5.76. The molecule has 1 aromatic rings. The van der Waals surface area contributed by atoms with Crippen LogP contribution in [0.15, 0.2) is 29.2 Å². The second kappa shape index (κ2) is 6.88. The Morgan fingerprint density at radius 3 is 2.93 bits per heavy atom. The highest BCUT2D eigenvalue weighted by Gasteiger charge is 2.01.